The molecule has 0 radical (unpaired) electrons. The SMILES string of the molecule is Cc1ccccc1CN(C)C(=O)C1(N)C2CCCOC2C1(C)C.Cl. The lowest BCUT2D eigenvalue weighted by Gasteiger charge is -2.65. The molecule has 3 rings (SSSR count). The molecule has 1 aromatic carbocycles. The van der Waals surface area contributed by atoms with Gasteiger partial charge < -0.3 is 15.4 Å². The molecule has 2 fully saturated rings. The Morgan fingerprint density at radius 1 is 1.38 bits per heavy atom. The van der Waals surface area contributed by atoms with E-state index in [4.69, 9.17) is 10.5 Å². The van der Waals surface area contributed by atoms with Crippen LogP contribution in [0.2, 0.25) is 0 Å². The molecule has 5 heteroatoms. The zero-order valence-electron chi connectivity index (χ0n) is 15.0. The van der Waals surface area contributed by atoms with Gasteiger partial charge >= 0.3 is 0 Å². The molecule has 1 aliphatic heterocycles. The number of amides is 1. The van der Waals surface area contributed by atoms with Crippen molar-refractivity contribution in [2.75, 3.05) is 13.7 Å². The van der Waals surface area contributed by atoms with Crippen LogP contribution in [0.3, 0.4) is 0 Å². The van der Waals surface area contributed by atoms with E-state index in [1.54, 1.807) is 4.90 Å². The van der Waals surface area contributed by atoms with E-state index in [1.165, 1.54) is 11.1 Å². The number of likely N-dealkylation sites (N-methyl/N-ethyl adjacent to an activating group) is 1. The van der Waals surface area contributed by atoms with Crippen LogP contribution in [0.1, 0.15) is 37.8 Å². The molecule has 0 aromatic heterocycles. The summed E-state index contributed by atoms with van der Waals surface area (Å²) in [6.07, 6.45) is 2.08. The van der Waals surface area contributed by atoms with E-state index in [1.807, 2.05) is 19.2 Å². The first-order chi connectivity index (χ1) is 10.8. The second kappa shape index (κ2) is 6.66. The summed E-state index contributed by atoms with van der Waals surface area (Å²) in [5.41, 5.74) is 7.92. The maximum atomic E-state index is 13.2. The van der Waals surface area contributed by atoms with Gasteiger partial charge in [0.1, 0.15) is 5.54 Å². The minimum atomic E-state index is -0.824. The van der Waals surface area contributed by atoms with E-state index in [-0.39, 0.29) is 35.8 Å². The van der Waals surface area contributed by atoms with E-state index in [9.17, 15) is 4.79 Å². The fourth-order valence-corrected chi connectivity index (χ4v) is 4.44. The largest absolute Gasteiger partial charge is 0.377 e. The van der Waals surface area contributed by atoms with Crippen LogP contribution in [0.4, 0.5) is 0 Å². The fourth-order valence-electron chi connectivity index (χ4n) is 4.44. The first-order valence-electron chi connectivity index (χ1n) is 8.50. The van der Waals surface area contributed by atoms with Crippen molar-refractivity contribution >= 4 is 18.3 Å². The average molecular weight is 353 g/mol. The summed E-state index contributed by atoms with van der Waals surface area (Å²) in [6.45, 7) is 7.59. The van der Waals surface area contributed by atoms with Gasteiger partial charge in [0.15, 0.2) is 0 Å². The van der Waals surface area contributed by atoms with Crippen LogP contribution in [0, 0.1) is 18.3 Å². The molecule has 4 nitrogen and oxygen atoms in total. The highest BCUT2D eigenvalue weighted by atomic mass is 35.5. The highest BCUT2D eigenvalue weighted by Crippen LogP contribution is 2.57. The molecule has 0 spiro atoms. The van der Waals surface area contributed by atoms with Crippen molar-refractivity contribution in [2.45, 2.75) is 51.8 Å². The normalized spacial score (nSPS) is 30.5. The molecular weight excluding hydrogens is 324 g/mol. The Morgan fingerprint density at radius 2 is 2.04 bits per heavy atom. The number of benzene rings is 1. The zero-order valence-corrected chi connectivity index (χ0v) is 15.9. The molecular formula is C19H29ClN2O2. The van der Waals surface area contributed by atoms with Crippen LogP contribution >= 0.6 is 12.4 Å². The van der Waals surface area contributed by atoms with Crippen molar-refractivity contribution < 1.29 is 9.53 Å². The van der Waals surface area contributed by atoms with Crippen molar-refractivity contribution in [2.24, 2.45) is 17.1 Å². The van der Waals surface area contributed by atoms with Gasteiger partial charge in [-0.25, -0.2) is 0 Å². The molecule has 1 saturated heterocycles. The van der Waals surface area contributed by atoms with Gasteiger partial charge in [0.2, 0.25) is 5.91 Å². The van der Waals surface area contributed by atoms with Gasteiger partial charge in [0.05, 0.1) is 6.10 Å². The fraction of sp³-hybridized carbons (Fsp3) is 0.632. The summed E-state index contributed by atoms with van der Waals surface area (Å²) in [6, 6.07) is 8.17. The average Bonchev–Trinajstić information content (AvgIpc) is 2.55. The van der Waals surface area contributed by atoms with Crippen LogP contribution in [0.5, 0.6) is 0 Å². The summed E-state index contributed by atoms with van der Waals surface area (Å²) in [5.74, 6) is 0.176. The number of rotatable bonds is 3. The van der Waals surface area contributed by atoms with Crippen LogP contribution in [0.15, 0.2) is 24.3 Å². The third-order valence-corrected chi connectivity index (χ3v) is 6.05. The molecule has 3 atom stereocenters. The number of ether oxygens (including phenoxy) is 1. The quantitative estimate of drug-likeness (QED) is 0.910. The Bertz CT molecular complexity index is 619. The minimum Gasteiger partial charge on any atom is -0.377 e. The standard InChI is InChI=1S/C19H28N2O2.ClH/c1-13-8-5-6-9-14(13)12-21(4)17(22)19(20)15-10-7-11-23-16(15)18(19,2)3;/h5-6,8-9,15-16H,7,10-12,20H2,1-4H3;1H. The number of nitrogens with zero attached hydrogens (tertiary/aromatic N) is 1. The molecule has 3 unspecified atom stereocenters. The Balaban J connectivity index is 0.00000208. The van der Waals surface area contributed by atoms with Crippen LogP contribution in [-0.4, -0.2) is 36.1 Å². The lowest BCUT2D eigenvalue weighted by molar-refractivity contribution is -0.229. The Morgan fingerprint density at radius 3 is 2.71 bits per heavy atom. The summed E-state index contributed by atoms with van der Waals surface area (Å²) >= 11 is 0. The summed E-state index contributed by atoms with van der Waals surface area (Å²) in [7, 11) is 1.86. The van der Waals surface area contributed by atoms with Gasteiger partial charge in [0, 0.05) is 31.5 Å². The topological polar surface area (TPSA) is 55.6 Å². The number of carbonyl (C=O) groups is 1. The molecule has 0 bridgehead atoms. The molecule has 2 aliphatic rings. The first kappa shape index (κ1) is 19.2. The van der Waals surface area contributed by atoms with E-state index in [0.717, 1.165) is 19.4 Å². The van der Waals surface area contributed by atoms with Gasteiger partial charge in [-0.3, -0.25) is 4.79 Å². The third kappa shape index (κ3) is 2.65. The lowest BCUT2D eigenvalue weighted by Crippen LogP contribution is -2.82. The van der Waals surface area contributed by atoms with E-state index in [2.05, 4.69) is 32.9 Å². The Kier molecular flexibility index (Phi) is 5.34. The maximum Gasteiger partial charge on any atom is 0.243 e. The number of hydrogen-bond donors (Lipinski definition) is 1. The molecule has 1 aromatic rings. The second-order valence-corrected chi connectivity index (χ2v) is 7.72. The second-order valence-electron chi connectivity index (χ2n) is 7.72. The van der Waals surface area contributed by atoms with Crippen molar-refractivity contribution in [3.05, 3.63) is 35.4 Å². The molecule has 24 heavy (non-hydrogen) atoms. The van der Waals surface area contributed by atoms with E-state index in [0.29, 0.717) is 6.54 Å². The number of aryl methyl sites for hydroxylation is 1. The Hall–Kier alpha value is -1.10. The predicted octanol–water partition coefficient (Wildman–Crippen LogP) is 2.91. The zero-order chi connectivity index (χ0) is 16.8. The molecule has 1 saturated carbocycles. The van der Waals surface area contributed by atoms with Gasteiger partial charge in [-0.05, 0) is 30.9 Å². The predicted molar refractivity (Wildman–Crippen MR) is 98.1 cm³/mol. The molecule has 1 heterocycles. The van der Waals surface area contributed by atoms with Crippen LogP contribution in [0.25, 0.3) is 0 Å². The molecule has 1 aliphatic carbocycles. The van der Waals surface area contributed by atoms with Crippen molar-refractivity contribution in [1.82, 2.24) is 4.90 Å². The van der Waals surface area contributed by atoms with Gasteiger partial charge in [-0.1, -0.05) is 38.1 Å². The van der Waals surface area contributed by atoms with Gasteiger partial charge in [0.25, 0.3) is 0 Å². The smallest absolute Gasteiger partial charge is 0.243 e. The summed E-state index contributed by atoms with van der Waals surface area (Å²) in [4.78, 5) is 15.0. The van der Waals surface area contributed by atoms with Crippen molar-refractivity contribution in [3.63, 3.8) is 0 Å². The van der Waals surface area contributed by atoms with E-state index < -0.39 is 5.54 Å². The number of hydrogen-bond acceptors (Lipinski definition) is 3. The van der Waals surface area contributed by atoms with E-state index >= 15 is 0 Å². The maximum absolute atomic E-state index is 13.2. The van der Waals surface area contributed by atoms with Crippen LogP contribution < -0.4 is 5.73 Å². The minimum absolute atomic E-state index is 0. The summed E-state index contributed by atoms with van der Waals surface area (Å²) < 4.78 is 5.90. The number of fused-ring (bicyclic) bond motifs is 1. The molecule has 1 amide bonds. The highest BCUT2D eigenvalue weighted by Gasteiger charge is 2.70. The van der Waals surface area contributed by atoms with Crippen molar-refractivity contribution in [3.8, 4) is 0 Å². The number of nitrogens with two attached hydrogens (primary N) is 1. The van der Waals surface area contributed by atoms with Crippen molar-refractivity contribution in [1.29, 1.82) is 0 Å². The monoisotopic (exact) mass is 352 g/mol. The number of halogens is 1. The molecule has 134 valence electrons. The number of carbonyl (C=O) groups excluding carboxylic acids is 1. The van der Waals surface area contributed by atoms with Gasteiger partial charge in [-0.15, -0.1) is 12.4 Å². The van der Waals surface area contributed by atoms with Crippen LogP contribution in [-0.2, 0) is 16.1 Å². The summed E-state index contributed by atoms with van der Waals surface area (Å²) in [5, 5.41) is 0. The highest BCUT2D eigenvalue weighted by molar-refractivity contribution is 5.89. The third-order valence-electron chi connectivity index (χ3n) is 6.05. The lowest BCUT2D eigenvalue weighted by atomic mass is 9.46. The first-order valence-corrected chi connectivity index (χ1v) is 8.50. The van der Waals surface area contributed by atoms with Gasteiger partial charge in [-0.2, -0.15) is 0 Å². The Labute approximate surface area is 151 Å². The molecule has 2 N–H and O–H groups in total.